The van der Waals surface area contributed by atoms with Crippen molar-refractivity contribution in [2.24, 2.45) is 0 Å². The fraction of sp³-hybridized carbons (Fsp3) is 0.125. The topological polar surface area (TPSA) is 82.8 Å². The van der Waals surface area contributed by atoms with Crippen molar-refractivity contribution in [2.45, 2.75) is 22.9 Å². The van der Waals surface area contributed by atoms with Crippen LogP contribution in [0.1, 0.15) is 11.5 Å². The van der Waals surface area contributed by atoms with Gasteiger partial charge < -0.3 is 8.83 Å². The van der Waals surface area contributed by atoms with Crippen molar-refractivity contribution < 1.29 is 22.0 Å². The molecule has 7 nitrogen and oxygen atoms in total. The van der Waals surface area contributed by atoms with E-state index in [1.54, 1.807) is 35.1 Å². The van der Waals surface area contributed by atoms with E-state index in [9.17, 15) is 13.2 Å². The Bertz CT molecular complexity index is 1010. The first-order valence-corrected chi connectivity index (χ1v) is 8.40. The third kappa shape index (κ3) is 3.72. The molecule has 11 heteroatoms. The molecular weight excluding hydrogens is 383 g/mol. The maximum absolute atomic E-state index is 12.6. The number of hydrogen-bond acceptors (Lipinski definition) is 7. The summed E-state index contributed by atoms with van der Waals surface area (Å²) in [6.45, 7) is 0.312. The highest BCUT2D eigenvalue weighted by molar-refractivity contribution is 7.99. The highest BCUT2D eigenvalue weighted by Gasteiger charge is 2.33. The maximum atomic E-state index is 12.6. The van der Waals surface area contributed by atoms with Crippen LogP contribution in [0.2, 0.25) is 0 Å². The van der Waals surface area contributed by atoms with Gasteiger partial charge in [-0.1, -0.05) is 0 Å². The molecule has 0 aliphatic carbocycles. The van der Waals surface area contributed by atoms with Crippen LogP contribution < -0.4 is 0 Å². The van der Waals surface area contributed by atoms with E-state index in [-0.39, 0.29) is 5.03 Å². The van der Waals surface area contributed by atoms with E-state index in [0.29, 0.717) is 29.0 Å². The van der Waals surface area contributed by atoms with Crippen LogP contribution in [0, 0.1) is 0 Å². The zero-order chi connectivity index (χ0) is 18.9. The summed E-state index contributed by atoms with van der Waals surface area (Å²) in [6, 6.07) is 9.10. The normalized spacial score (nSPS) is 11.8. The minimum absolute atomic E-state index is 0.252. The molecule has 0 saturated carbocycles. The van der Waals surface area contributed by atoms with Crippen LogP contribution in [0.3, 0.4) is 0 Å². The van der Waals surface area contributed by atoms with Crippen LogP contribution in [0.15, 0.2) is 67.9 Å². The highest BCUT2D eigenvalue weighted by Crippen LogP contribution is 2.31. The highest BCUT2D eigenvalue weighted by atomic mass is 32.2. The van der Waals surface area contributed by atoms with Crippen molar-refractivity contribution in [3.63, 3.8) is 0 Å². The Kier molecular flexibility index (Phi) is 4.44. The lowest BCUT2D eigenvalue weighted by Gasteiger charge is -2.08. The van der Waals surface area contributed by atoms with E-state index in [1.165, 1.54) is 12.3 Å². The molecule has 0 aliphatic rings. The molecule has 0 aromatic carbocycles. The molecule has 0 saturated heterocycles. The largest absolute Gasteiger partial charge is 0.467 e. The Morgan fingerprint density at radius 2 is 1.74 bits per heavy atom. The van der Waals surface area contributed by atoms with Crippen LogP contribution >= 0.6 is 11.8 Å². The summed E-state index contributed by atoms with van der Waals surface area (Å²) in [5.74, 6) is 1.61. The Labute approximate surface area is 154 Å². The lowest BCUT2D eigenvalue weighted by molar-refractivity contribution is -0.141. The number of halogens is 3. The Morgan fingerprint density at radius 1 is 0.926 bits per heavy atom. The molecule has 0 aliphatic heterocycles. The van der Waals surface area contributed by atoms with E-state index in [4.69, 9.17) is 8.83 Å². The van der Waals surface area contributed by atoms with Gasteiger partial charge in [0.05, 0.1) is 19.1 Å². The maximum Gasteiger partial charge on any atom is 0.435 e. The van der Waals surface area contributed by atoms with Gasteiger partial charge in [0.25, 0.3) is 0 Å². The summed E-state index contributed by atoms with van der Waals surface area (Å²) in [6.07, 6.45) is -1.49. The molecule has 4 heterocycles. The van der Waals surface area contributed by atoms with Crippen LogP contribution in [-0.4, -0.2) is 25.0 Å². The van der Waals surface area contributed by atoms with E-state index < -0.39 is 11.9 Å². The summed E-state index contributed by atoms with van der Waals surface area (Å²) in [5.41, 5.74) is -1.06. The number of nitrogens with zero attached hydrogens (tertiary/aromatic N) is 5. The third-order valence-corrected chi connectivity index (χ3v) is 4.39. The second-order valence-electron chi connectivity index (χ2n) is 5.31. The van der Waals surface area contributed by atoms with Gasteiger partial charge in [-0.3, -0.25) is 4.57 Å². The summed E-state index contributed by atoms with van der Waals surface area (Å²) in [4.78, 5) is 0. The van der Waals surface area contributed by atoms with Crippen molar-refractivity contribution in [1.29, 1.82) is 0 Å². The molecule has 27 heavy (non-hydrogen) atoms. The number of aromatic nitrogens is 5. The number of rotatable bonds is 5. The monoisotopic (exact) mass is 393 g/mol. The lowest BCUT2D eigenvalue weighted by Crippen LogP contribution is -2.09. The van der Waals surface area contributed by atoms with Crippen LogP contribution in [0.5, 0.6) is 0 Å². The van der Waals surface area contributed by atoms with Crippen molar-refractivity contribution in [3.05, 3.63) is 60.4 Å². The van der Waals surface area contributed by atoms with Crippen molar-refractivity contribution in [1.82, 2.24) is 25.0 Å². The summed E-state index contributed by atoms with van der Waals surface area (Å²) >= 11 is 1.04. The second-order valence-corrected chi connectivity index (χ2v) is 6.29. The zero-order valence-corrected chi connectivity index (χ0v) is 14.2. The van der Waals surface area contributed by atoms with Crippen molar-refractivity contribution in [3.8, 4) is 11.6 Å². The lowest BCUT2D eigenvalue weighted by atomic mass is 10.4. The molecule has 0 bridgehead atoms. The first-order chi connectivity index (χ1) is 13.0. The number of furan rings is 2. The number of hydrogen-bond donors (Lipinski definition) is 0. The molecule has 4 aromatic heterocycles. The predicted octanol–water partition coefficient (Wildman–Crippen LogP) is 4.14. The molecule has 4 rings (SSSR count). The molecule has 4 aromatic rings. The molecule has 138 valence electrons. The minimum Gasteiger partial charge on any atom is -0.467 e. The van der Waals surface area contributed by atoms with Gasteiger partial charge in [-0.25, -0.2) is 0 Å². The van der Waals surface area contributed by atoms with Gasteiger partial charge in [0.2, 0.25) is 5.82 Å². The first kappa shape index (κ1) is 17.3. The molecular formula is C16H10F3N5O2S. The standard InChI is InChI=1S/C16H10F3N5O2S/c17-16(18,19)12-5-6-13(21-20-12)27-15-23-22-14(11-4-2-8-26-11)24(15)9-10-3-1-7-25-10/h1-8H,9H2. The smallest absolute Gasteiger partial charge is 0.435 e. The first-order valence-electron chi connectivity index (χ1n) is 7.59. The third-order valence-electron chi connectivity index (χ3n) is 3.48. The van der Waals surface area contributed by atoms with Crippen molar-refractivity contribution >= 4 is 11.8 Å². The summed E-state index contributed by atoms with van der Waals surface area (Å²) < 4.78 is 50.4. The van der Waals surface area contributed by atoms with Gasteiger partial charge in [0.15, 0.2) is 16.6 Å². The predicted molar refractivity (Wildman–Crippen MR) is 86.7 cm³/mol. The van der Waals surface area contributed by atoms with Gasteiger partial charge in [-0.15, -0.1) is 20.4 Å². The van der Waals surface area contributed by atoms with Crippen molar-refractivity contribution in [2.75, 3.05) is 0 Å². The minimum atomic E-state index is -4.54. The molecule has 0 unspecified atom stereocenters. The van der Waals surface area contributed by atoms with E-state index >= 15 is 0 Å². The van der Waals surface area contributed by atoms with Crippen LogP contribution in [0.4, 0.5) is 13.2 Å². The summed E-state index contributed by atoms with van der Waals surface area (Å²) in [5, 5.41) is 15.7. The quantitative estimate of drug-likeness (QED) is 0.504. The van der Waals surface area contributed by atoms with Gasteiger partial charge in [-0.2, -0.15) is 13.2 Å². The van der Waals surface area contributed by atoms with Crippen LogP contribution in [0.25, 0.3) is 11.6 Å². The van der Waals surface area contributed by atoms with Gasteiger partial charge in [0, 0.05) is 0 Å². The summed E-state index contributed by atoms with van der Waals surface area (Å²) in [7, 11) is 0. The molecule has 0 atom stereocenters. The molecule has 0 amide bonds. The fourth-order valence-electron chi connectivity index (χ4n) is 2.27. The zero-order valence-electron chi connectivity index (χ0n) is 13.4. The van der Waals surface area contributed by atoms with Crippen LogP contribution in [-0.2, 0) is 12.7 Å². The van der Waals surface area contributed by atoms with Gasteiger partial charge >= 0.3 is 6.18 Å². The average molecular weight is 393 g/mol. The molecule has 0 fully saturated rings. The number of alkyl halides is 3. The SMILES string of the molecule is FC(F)(F)c1ccc(Sc2nnc(-c3ccco3)n2Cc2ccco2)nn1. The molecule has 0 spiro atoms. The Balaban J connectivity index is 1.66. The second kappa shape index (κ2) is 6.91. The fourth-order valence-corrected chi connectivity index (χ4v) is 3.02. The Hall–Kier alpha value is -3.08. The van der Waals surface area contributed by atoms with E-state index in [2.05, 4.69) is 20.4 Å². The molecule has 0 N–H and O–H groups in total. The molecule has 0 radical (unpaired) electrons. The Morgan fingerprint density at radius 3 is 2.37 bits per heavy atom. The van der Waals surface area contributed by atoms with E-state index in [0.717, 1.165) is 17.8 Å². The van der Waals surface area contributed by atoms with Gasteiger partial charge in [0.1, 0.15) is 10.8 Å². The average Bonchev–Trinajstić information content (AvgIpc) is 3.38. The van der Waals surface area contributed by atoms with Gasteiger partial charge in [-0.05, 0) is 48.2 Å². The van der Waals surface area contributed by atoms with E-state index in [1.807, 2.05) is 0 Å².